The molecule has 1 heterocycles. The van der Waals surface area contributed by atoms with Crippen LogP contribution in [0.15, 0.2) is 10.7 Å². The number of nitrogens with two attached hydrogens (primary N) is 1. The minimum atomic E-state index is 0.192. The second-order valence-electron chi connectivity index (χ2n) is 4.95. The molecule has 0 spiro atoms. The summed E-state index contributed by atoms with van der Waals surface area (Å²) in [6.07, 6.45) is 9.76. The summed E-state index contributed by atoms with van der Waals surface area (Å²) in [7, 11) is 1.96. The van der Waals surface area contributed by atoms with E-state index < -0.39 is 0 Å². The highest BCUT2D eigenvalue weighted by Crippen LogP contribution is 2.32. The Morgan fingerprint density at radius 2 is 2.29 bits per heavy atom. The molecule has 2 rings (SSSR count). The number of halogens is 1. The molecule has 5 heteroatoms. The van der Waals surface area contributed by atoms with Crippen molar-refractivity contribution in [3.05, 3.63) is 16.4 Å². The molecule has 3 N–H and O–H groups in total. The minimum absolute atomic E-state index is 0.192. The molecule has 1 atom stereocenters. The maximum atomic E-state index is 5.67. The Labute approximate surface area is 111 Å². The number of nitrogens with one attached hydrogen (secondary N) is 1. The van der Waals surface area contributed by atoms with Gasteiger partial charge in [-0.05, 0) is 34.7 Å². The van der Waals surface area contributed by atoms with Crippen LogP contribution in [0.25, 0.3) is 0 Å². The molecule has 1 fully saturated rings. The monoisotopic (exact) mass is 300 g/mol. The largest absolute Gasteiger partial charge is 0.271 e. The summed E-state index contributed by atoms with van der Waals surface area (Å²) in [6, 6.07) is 0.192. The van der Waals surface area contributed by atoms with Crippen LogP contribution in [0.4, 0.5) is 0 Å². The Kier molecular flexibility index (Phi) is 4.59. The molecule has 0 aromatic carbocycles. The third kappa shape index (κ3) is 3.09. The average molecular weight is 301 g/mol. The first-order valence-electron chi connectivity index (χ1n) is 6.36. The molecule has 1 aliphatic rings. The Morgan fingerprint density at radius 3 is 2.82 bits per heavy atom. The van der Waals surface area contributed by atoms with Gasteiger partial charge in [-0.15, -0.1) is 0 Å². The Morgan fingerprint density at radius 1 is 1.59 bits per heavy atom. The molecule has 0 amide bonds. The van der Waals surface area contributed by atoms with Gasteiger partial charge in [0.15, 0.2) is 0 Å². The summed E-state index contributed by atoms with van der Waals surface area (Å²) in [5, 5.41) is 4.24. The second kappa shape index (κ2) is 5.98. The molecule has 0 aliphatic heterocycles. The normalized spacial score (nSPS) is 18.8. The smallest absolute Gasteiger partial charge is 0.0705 e. The Hall–Kier alpha value is -0.390. The van der Waals surface area contributed by atoms with Gasteiger partial charge in [-0.1, -0.05) is 25.7 Å². The summed E-state index contributed by atoms with van der Waals surface area (Å²) in [4.78, 5) is 0. The molecule has 96 valence electrons. The summed E-state index contributed by atoms with van der Waals surface area (Å²) >= 11 is 3.53. The Balaban J connectivity index is 1.96. The van der Waals surface area contributed by atoms with Crippen LogP contribution in [-0.4, -0.2) is 9.78 Å². The maximum absolute atomic E-state index is 5.67. The Bertz CT molecular complexity index is 338. The summed E-state index contributed by atoms with van der Waals surface area (Å²) in [6.45, 7) is 0. The van der Waals surface area contributed by atoms with Crippen LogP contribution < -0.4 is 11.3 Å². The number of hydrogen-bond acceptors (Lipinski definition) is 3. The molecule has 4 nitrogen and oxygen atoms in total. The number of hydrogen-bond donors (Lipinski definition) is 2. The molecule has 1 saturated carbocycles. The predicted molar refractivity (Wildman–Crippen MR) is 72.2 cm³/mol. The van der Waals surface area contributed by atoms with E-state index >= 15 is 0 Å². The van der Waals surface area contributed by atoms with E-state index in [2.05, 4.69) is 26.5 Å². The fourth-order valence-corrected chi connectivity index (χ4v) is 3.44. The highest BCUT2D eigenvalue weighted by molar-refractivity contribution is 9.10. The molecular weight excluding hydrogens is 280 g/mol. The lowest BCUT2D eigenvalue weighted by molar-refractivity contribution is 0.402. The quantitative estimate of drug-likeness (QED) is 0.649. The molecule has 1 unspecified atom stereocenters. The van der Waals surface area contributed by atoms with Crippen molar-refractivity contribution in [1.82, 2.24) is 15.2 Å². The second-order valence-corrected chi connectivity index (χ2v) is 5.80. The highest BCUT2D eigenvalue weighted by atomic mass is 79.9. The zero-order chi connectivity index (χ0) is 12.3. The minimum Gasteiger partial charge on any atom is -0.271 e. The average Bonchev–Trinajstić information content (AvgIpc) is 2.93. The van der Waals surface area contributed by atoms with E-state index in [1.54, 1.807) is 0 Å². The summed E-state index contributed by atoms with van der Waals surface area (Å²) in [5.74, 6) is 6.58. The van der Waals surface area contributed by atoms with Gasteiger partial charge >= 0.3 is 0 Å². The van der Waals surface area contributed by atoms with Gasteiger partial charge < -0.3 is 0 Å². The zero-order valence-electron chi connectivity index (χ0n) is 10.3. The number of rotatable bonds is 5. The van der Waals surface area contributed by atoms with Crippen molar-refractivity contribution in [1.29, 1.82) is 0 Å². The molecule has 17 heavy (non-hydrogen) atoms. The van der Waals surface area contributed by atoms with Crippen molar-refractivity contribution in [3.63, 3.8) is 0 Å². The van der Waals surface area contributed by atoms with E-state index in [0.717, 1.165) is 22.5 Å². The van der Waals surface area contributed by atoms with E-state index in [4.69, 9.17) is 5.84 Å². The lowest BCUT2D eigenvalue weighted by Gasteiger charge is -2.19. The zero-order valence-corrected chi connectivity index (χ0v) is 11.9. The third-order valence-electron chi connectivity index (χ3n) is 3.81. The van der Waals surface area contributed by atoms with Crippen molar-refractivity contribution in [3.8, 4) is 0 Å². The van der Waals surface area contributed by atoms with Crippen LogP contribution in [0.1, 0.15) is 50.3 Å². The van der Waals surface area contributed by atoms with Gasteiger partial charge in [0, 0.05) is 7.05 Å². The molecular formula is C12H21BrN4. The van der Waals surface area contributed by atoms with E-state index in [0.29, 0.717) is 0 Å². The van der Waals surface area contributed by atoms with Crippen molar-refractivity contribution in [2.45, 2.75) is 44.6 Å². The van der Waals surface area contributed by atoms with Crippen LogP contribution >= 0.6 is 15.9 Å². The maximum Gasteiger partial charge on any atom is 0.0705 e. The van der Waals surface area contributed by atoms with Gasteiger partial charge in [-0.2, -0.15) is 5.10 Å². The van der Waals surface area contributed by atoms with Gasteiger partial charge in [-0.3, -0.25) is 16.0 Å². The topological polar surface area (TPSA) is 55.9 Å². The van der Waals surface area contributed by atoms with Gasteiger partial charge in [0.1, 0.15) is 0 Å². The van der Waals surface area contributed by atoms with Crippen molar-refractivity contribution in [2.24, 2.45) is 18.8 Å². The predicted octanol–water partition coefficient (Wildman–Crippen LogP) is 2.66. The van der Waals surface area contributed by atoms with E-state index in [9.17, 15) is 0 Å². The van der Waals surface area contributed by atoms with Gasteiger partial charge in [0.2, 0.25) is 0 Å². The first kappa shape index (κ1) is 13.1. The standard InChI is InChI=1S/C12H21BrN4/c1-17-12(10(13)8-15-17)11(16-14)7-6-9-4-2-3-5-9/h8-9,11,16H,2-7,14H2,1H3. The number of nitrogens with zero attached hydrogens (tertiary/aromatic N) is 2. The third-order valence-corrected chi connectivity index (χ3v) is 4.42. The first-order chi connectivity index (χ1) is 8.22. The number of aromatic nitrogens is 2. The van der Waals surface area contributed by atoms with Gasteiger partial charge in [0.25, 0.3) is 0 Å². The van der Waals surface area contributed by atoms with Crippen molar-refractivity contribution >= 4 is 15.9 Å². The number of aryl methyl sites for hydroxylation is 1. The SMILES string of the molecule is Cn1ncc(Br)c1C(CCC1CCCC1)NN. The van der Waals surface area contributed by atoms with E-state index in [1.165, 1.54) is 32.1 Å². The van der Waals surface area contributed by atoms with Gasteiger partial charge in [0.05, 0.1) is 22.4 Å². The molecule has 1 aromatic heterocycles. The summed E-state index contributed by atoms with van der Waals surface area (Å²) in [5.41, 5.74) is 4.06. The van der Waals surface area contributed by atoms with Crippen LogP contribution in [0, 0.1) is 5.92 Å². The van der Waals surface area contributed by atoms with Crippen LogP contribution in [0.2, 0.25) is 0 Å². The lowest BCUT2D eigenvalue weighted by atomic mass is 9.97. The number of hydrazine groups is 1. The molecule has 1 aromatic rings. The molecule has 0 bridgehead atoms. The first-order valence-corrected chi connectivity index (χ1v) is 7.15. The lowest BCUT2D eigenvalue weighted by Crippen LogP contribution is -2.30. The molecule has 0 radical (unpaired) electrons. The van der Waals surface area contributed by atoms with Gasteiger partial charge in [-0.25, -0.2) is 0 Å². The van der Waals surface area contributed by atoms with Crippen LogP contribution in [0.5, 0.6) is 0 Å². The van der Waals surface area contributed by atoms with Crippen LogP contribution in [-0.2, 0) is 7.05 Å². The fraction of sp³-hybridized carbons (Fsp3) is 0.750. The van der Waals surface area contributed by atoms with Crippen molar-refractivity contribution < 1.29 is 0 Å². The molecule has 0 saturated heterocycles. The summed E-state index contributed by atoms with van der Waals surface area (Å²) < 4.78 is 2.93. The fourth-order valence-electron chi connectivity index (χ4n) is 2.81. The highest BCUT2D eigenvalue weighted by Gasteiger charge is 2.21. The van der Waals surface area contributed by atoms with E-state index in [-0.39, 0.29) is 6.04 Å². The van der Waals surface area contributed by atoms with Crippen molar-refractivity contribution in [2.75, 3.05) is 0 Å². The van der Waals surface area contributed by atoms with E-state index in [1.807, 2.05) is 17.9 Å². The van der Waals surface area contributed by atoms with Crippen LogP contribution in [0.3, 0.4) is 0 Å². The molecule has 1 aliphatic carbocycles.